The molecule has 0 radical (unpaired) electrons. The minimum Gasteiger partial charge on any atom is -0.496 e. The van der Waals surface area contributed by atoms with Gasteiger partial charge in [0, 0.05) is 31.5 Å². The standard InChI is InChI=1S/C20H28F2N6O.HI/c1-23-20(26-14-18-24-9-12-28(18)19(21)22)25-13-16(27-10-5-6-11-27)15-7-3-4-8-17(15)29-2;/h3-4,7-9,12,16,19H,5-6,10-11,13-14H2,1-2H3,(H2,23,25,26);1H. The molecule has 1 aromatic carbocycles. The van der Waals surface area contributed by atoms with Crippen molar-refractivity contribution in [3.63, 3.8) is 0 Å². The van der Waals surface area contributed by atoms with E-state index in [4.69, 9.17) is 4.74 Å². The smallest absolute Gasteiger partial charge is 0.319 e. The summed E-state index contributed by atoms with van der Waals surface area (Å²) < 4.78 is 32.4. The van der Waals surface area contributed by atoms with Crippen LogP contribution < -0.4 is 15.4 Å². The van der Waals surface area contributed by atoms with E-state index < -0.39 is 6.55 Å². The lowest BCUT2D eigenvalue weighted by atomic mass is 10.0. The van der Waals surface area contributed by atoms with Crippen LogP contribution in [0.1, 0.15) is 36.8 Å². The van der Waals surface area contributed by atoms with E-state index in [0.29, 0.717) is 12.5 Å². The van der Waals surface area contributed by atoms with Crippen molar-refractivity contribution >= 4 is 29.9 Å². The predicted octanol–water partition coefficient (Wildman–Crippen LogP) is 3.41. The van der Waals surface area contributed by atoms with Crippen LogP contribution in [0.5, 0.6) is 5.75 Å². The van der Waals surface area contributed by atoms with Gasteiger partial charge in [0.05, 0.1) is 19.7 Å². The Kier molecular flexibility index (Phi) is 9.76. The fourth-order valence-corrected chi connectivity index (χ4v) is 3.67. The number of halogens is 3. The first-order chi connectivity index (χ1) is 14.1. The highest BCUT2D eigenvalue weighted by Crippen LogP contribution is 2.31. The highest BCUT2D eigenvalue weighted by Gasteiger charge is 2.26. The zero-order valence-corrected chi connectivity index (χ0v) is 19.6. The lowest BCUT2D eigenvalue weighted by molar-refractivity contribution is 0.0668. The molecule has 1 aromatic heterocycles. The van der Waals surface area contributed by atoms with E-state index in [0.717, 1.165) is 29.0 Å². The van der Waals surface area contributed by atoms with Gasteiger partial charge in [0.1, 0.15) is 11.6 Å². The van der Waals surface area contributed by atoms with Crippen LogP contribution in [0.15, 0.2) is 41.7 Å². The molecular formula is C20H29F2IN6O. The molecule has 30 heavy (non-hydrogen) atoms. The Bertz CT molecular complexity index is 810. The third kappa shape index (κ3) is 6.03. The average Bonchev–Trinajstić information content (AvgIpc) is 3.43. The Morgan fingerprint density at radius 2 is 1.97 bits per heavy atom. The van der Waals surface area contributed by atoms with Gasteiger partial charge in [-0.3, -0.25) is 14.5 Å². The minimum atomic E-state index is -2.62. The second-order valence-corrected chi connectivity index (χ2v) is 6.84. The maximum Gasteiger partial charge on any atom is 0.319 e. The second kappa shape index (κ2) is 12.0. The van der Waals surface area contributed by atoms with Crippen LogP contribution in [0.3, 0.4) is 0 Å². The van der Waals surface area contributed by atoms with Crippen LogP contribution in [0.2, 0.25) is 0 Å². The van der Waals surface area contributed by atoms with Gasteiger partial charge in [-0.05, 0) is 32.0 Å². The van der Waals surface area contributed by atoms with Gasteiger partial charge in [-0.25, -0.2) is 4.98 Å². The molecule has 1 fully saturated rings. The Morgan fingerprint density at radius 1 is 1.23 bits per heavy atom. The van der Waals surface area contributed by atoms with Gasteiger partial charge < -0.3 is 15.4 Å². The van der Waals surface area contributed by atoms with Crippen LogP contribution >= 0.6 is 24.0 Å². The van der Waals surface area contributed by atoms with Gasteiger partial charge >= 0.3 is 6.55 Å². The largest absolute Gasteiger partial charge is 0.496 e. The molecular weight excluding hydrogens is 505 g/mol. The summed E-state index contributed by atoms with van der Waals surface area (Å²) in [5.41, 5.74) is 1.12. The number of guanidine groups is 1. The predicted molar refractivity (Wildman–Crippen MR) is 124 cm³/mol. The highest BCUT2D eigenvalue weighted by molar-refractivity contribution is 14.0. The Hall–Kier alpha value is -1.95. The number of methoxy groups -OCH3 is 1. The van der Waals surface area contributed by atoms with Crippen LogP contribution in [0.25, 0.3) is 0 Å². The maximum atomic E-state index is 13.0. The molecule has 2 heterocycles. The second-order valence-electron chi connectivity index (χ2n) is 6.84. The fourth-order valence-electron chi connectivity index (χ4n) is 3.67. The van der Waals surface area contributed by atoms with Gasteiger partial charge in [-0.2, -0.15) is 8.78 Å². The number of para-hydroxylation sites is 1. The average molecular weight is 534 g/mol. The summed E-state index contributed by atoms with van der Waals surface area (Å²) in [6, 6.07) is 8.14. The number of likely N-dealkylation sites (tertiary alicyclic amines) is 1. The van der Waals surface area contributed by atoms with E-state index in [1.807, 2.05) is 18.2 Å². The van der Waals surface area contributed by atoms with Crippen molar-refractivity contribution in [3.8, 4) is 5.75 Å². The maximum absolute atomic E-state index is 13.0. The number of benzene rings is 1. The molecule has 1 aliphatic heterocycles. The van der Waals surface area contributed by atoms with E-state index >= 15 is 0 Å². The number of aromatic nitrogens is 2. The summed E-state index contributed by atoms with van der Waals surface area (Å²) in [5, 5.41) is 6.39. The number of ether oxygens (including phenoxy) is 1. The summed E-state index contributed by atoms with van der Waals surface area (Å²) in [6.45, 7) is 0.211. The van der Waals surface area contributed by atoms with Gasteiger partial charge in [-0.1, -0.05) is 18.2 Å². The van der Waals surface area contributed by atoms with Crippen molar-refractivity contribution in [2.75, 3.05) is 33.8 Å². The third-order valence-electron chi connectivity index (χ3n) is 5.14. The van der Waals surface area contributed by atoms with Crippen molar-refractivity contribution in [1.29, 1.82) is 0 Å². The molecule has 0 saturated carbocycles. The molecule has 0 bridgehead atoms. The normalized spacial score (nSPS) is 15.7. The monoisotopic (exact) mass is 534 g/mol. The van der Waals surface area contributed by atoms with E-state index in [-0.39, 0.29) is 42.4 Å². The number of nitrogens with one attached hydrogen (secondary N) is 2. The van der Waals surface area contributed by atoms with Gasteiger partial charge in [0.15, 0.2) is 5.96 Å². The molecule has 7 nitrogen and oxygen atoms in total. The molecule has 1 saturated heterocycles. The summed E-state index contributed by atoms with van der Waals surface area (Å²) >= 11 is 0. The summed E-state index contributed by atoms with van der Waals surface area (Å²) in [5.74, 6) is 1.64. The quantitative estimate of drug-likeness (QED) is 0.309. The van der Waals surface area contributed by atoms with Crippen molar-refractivity contribution < 1.29 is 13.5 Å². The first kappa shape index (κ1) is 24.3. The summed E-state index contributed by atoms with van der Waals surface area (Å²) in [7, 11) is 3.34. The third-order valence-corrected chi connectivity index (χ3v) is 5.14. The summed E-state index contributed by atoms with van der Waals surface area (Å²) in [4.78, 5) is 10.6. The number of nitrogens with zero attached hydrogens (tertiary/aromatic N) is 4. The van der Waals surface area contributed by atoms with Crippen molar-refractivity contribution in [2.24, 2.45) is 4.99 Å². The van der Waals surface area contributed by atoms with Gasteiger partial charge in [0.2, 0.25) is 0 Å². The van der Waals surface area contributed by atoms with Gasteiger partial charge in [-0.15, -0.1) is 24.0 Å². The SMILES string of the molecule is CN=C(NCc1nccn1C(F)F)NCC(c1ccccc1OC)N1CCCC1.I. The number of rotatable bonds is 8. The molecule has 1 unspecified atom stereocenters. The van der Waals surface area contributed by atoms with Gasteiger partial charge in [0.25, 0.3) is 0 Å². The Morgan fingerprint density at radius 3 is 2.63 bits per heavy atom. The van der Waals surface area contributed by atoms with Crippen molar-refractivity contribution in [1.82, 2.24) is 25.1 Å². The molecule has 0 aliphatic carbocycles. The lowest BCUT2D eigenvalue weighted by Crippen LogP contribution is -2.42. The van der Waals surface area contributed by atoms with Crippen LogP contribution in [-0.2, 0) is 6.54 Å². The van der Waals surface area contributed by atoms with Crippen LogP contribution in [0, 0.1) is 0 Å². The fraction of sp³-hybridized carbons (Fsp3) is 0.500. The number of aliphatic imine (C=N–C) groups is 1. The van der Waals surface area contributed by atoms with Crippen molar-refractivity contribution in [3.05, 3.63) is 48.0 Å². The topological polar surface area (TPSA) is 66.7 Å². The number of hydrogen-bond donors (Lipinski definition) is 2. The molecule has 1 aliphatic rings. The number of imidazole rings is 1. The highest BCUT2D eigenvalue weighted by atomic mass is 127. The molecule has 0 amide bonds. The molecule has 2 aromatic rings. The minimum absolute atomic E-state index is 0. The zero-order valence-electron chi connectivity index (χ0n) is 17.2. The van der Waals surface area contributed by atoms with Crippen LogP contribution in [0.4, 0.5) is 8.78 Å². The van der Waals surface area contributed by atoms with Crippen LogP contribution in [-0.4, -0.2) is 54.2 Å². The molecule has 1 atom stereocenters. The molecule has 166 valence electrons. The zero-order chi connectivity index (χ0) is 20.6. The Labute approximate surface area is 192 Å². The molecule has 2 N–H and O–H groups in total. The number of hydrogen-bond acceptors (Lipinski definition) is 4. The first-order valence-corrected chi connectivity index (χ1v) is 9.75. The first-order valence-electron chi connectivity index (χ1n) is 9.75. The molecule has 3 rings (SSSR count). The van der Waals surface area contributed by atoms with E-state index in [1.165, 1.54) is 25.2 Å². The van der Waals surface area contributed by atoms with E-state index in [2.05, 4.69) is 31.6 Å². The Balaban J connectivity index is 0.00000320. The van der Waals surface area contributed by atoms with E-state index in [1.54, 1.807) is 14.2 Å². The number of alkyl halides is 2. The molecule has 0 spiro atoms. The molecule has 10 heteroatoms. The summed E-state index contributed by atoms with van der Waals surface area (Å²) in [6.07, 6.45) is 4.98. The lowest BCUT2D eigenvalue weighted by Gasteiger charge is -2.30. The van der Waals surface area contributed by atoms with Crippen molar-refractivity contribution in [2.45, 2.75) is 32.0 Å². The van der Waals surface area contributed by atoms with E-state index in [9.17, 15) is 8.78 Å².